The van der Waals surface area contributed by atoms with Crippen molar-refractivity contribution in [2.75, 3.05) is 0 Å². The molecule has 0 bridgehead atoms. The minimum atomic E-state index is -1.43. The summed E-state index contributed by atoms with van der Waals surface area (Å²) in [6.45, 7) is 0. The van der Waals surface area contributed by atoms with Gasteiger partial charge in [-0.2, -0.15) is 0 Å². The maximum atomic E-state index is 8.40. The van der Waals surface area contributed by atoms with Crippen molar-refractivity contribution < 1.29 is 10.0 Å². The van der Waals surface area contributed by atoms with Crippen LogP contribution >= 0.6 is 12.4 Å². The summed E-state index contributed by atoms with van der Waals surface area (Å²) in [5.41, 5.74) is 0.310. The van der Waals surface area contributed by atoms with Crippen LogP contribution in [0.25, 0.3) is 0 Å². The summed E-state index contributed by atoms with van der Waals surface area (Å²) < 4.78 is 0. The molecule has 0 aromatic carbocycles. The smallest absolute Gasteiger partial charge is 0.422 e. The van der Waals surface area contributed by atoms with Gasteiger partial charge in [0.1, 0.15) is 0 Å². The molecular formula is C3H6BClN2O2. The lowest BCUT2D eigenvalue weighted by Gasteiger charge is -1.87. The molecule has 0 fully saturated rings. The molecule has 4 nitrogen and oxygen atoms in total. The quantitative estimate of drug-likeness (QED) is 0.425. The van der Waals surface area contributed by atoms with E-state index in [1.54, 1.807) is 0 Å². The van der Waals surface area contributed by atoms with Gasteiger partial charge in [-0.25, -0.2) is 4.98 Å². The summed E-state index contributed by atoms with van der Waals surface area (Å²) >= 11 is 0. The average Bonchev–Trinajstić information content (AvgIpc) is 2.12. The van der Waals surface area contributed by atoms with Crippen LogP contribution in [0.15, 0.2) is 12.5 Å². The molecule has 0 unspecified atom stereocenters. The van der Waals surface area contributed by atoms with E-state index in [2.05, 4.69) is 9.97 Å². The normalized spacial score (nSPS) is 8.22. The predicted molar refractivity (Wildman–Crippen MR) is 35.7 cm³/mol. The van der Waals surface area contributed by atoms with Crippen molar-refractivity contribution in [3.8, 4) is 0 Å². The molecule has 0 spiro atoms. The minimum Gasteiger partial charge on any atom is -0.422 e. The van der Waals surface area contributed by atoms with Crippen LogP contribution in [0.4, 0.5) is 0 Å². The Hall–Kier alpha value is -0.515. The Morgan fingerprint density at radius 2 is 2.22 bits per heavy atom. The number of nitrogens with zero attached hydrogens (tertiary/aromatic N) is 1. The summed E-state index contributed by atoms with van der Waals surface area (Å²) in [5.74, 6) is 0. The third-order valence-electron chi connectivity index (χ3n) is 0.798. The molecule has 0 amide bonds. The molecule has 0 atom stereocenters. The fourth-order valence-electron chi connectivity index (χ4n) is 0.408. The Balaban J connectivity index is 0.000000640. The number of hydrogen-bond acceptors (Lipinski definition) is 3. The number of aromatic amines is 1. The van der Waals surface area contributed by atoms with Gasteiger partial charge in [0.05, 0.1) is 11.9 Å². The highest BCUT2D eigenvalue weighted by Crippen LogP contribution is 1.69. The van der Waals surface area contributed by atoms with Gasteiger partial charge in [-0.3, -0.25) is 0 Å². The first-order valence-corrected chi connectivity index (χ1v) is 2.15. The zero-order chi connectivity index (χ0) is 5.98. The lowest BCUT2D eigenvalue weighted by molar-refractivity contribution is 0.424. The summed E-state index contributed by atoms with van der Waals surface area (Å²) in [6, 6.07) is 0. The molecule has 0 radical (unpaired) electrons. The van der Waals surface area contributed by atoms with Crippen LogP contribution in [0.2, 0.25) is 0 Å². The first kappa shape index (κ1) is 8.48. The van der Waals surface area contributed by atoms with E-state index in [4.69, 9.17) is 10.0 Å². The number of H-pyrrole nitrogens is 1. The number of nitrogens with one attached hydrogen (secondary N) is 1. The highest BCUT2D eigenvalue weighted by Gasteiger charge is 2.10. The Labute approximate surface area is 58.5 Å². The molecule has 1 heterocycles. The van der Waals surface area contributed by atoms with E-state index in [0.717, 1.165) is 0 Å². The van der Waals surface area contributed by atoms with Crippen molar-refractivity contribution in [3.63, 3.8) is 0 Å². The first-order chi connectivity index (χ1) is 3.80. The van der Waals surface area contributed by atoms with Crippen LogP contribution in [-0.2, 0) is 0 Å². The van der Waals surface area contributed by atoms with E-state index in [-0.39, 0.29) is 12.4 Å². The highest BCUT2D eigenvalue weighted by atomic mass is 35.5. The van der Waals surface area contributed by atoms with E-state index in [9.17, 15) is 0 Å². The monoisotopic (exact) mass is 148 g/mol. The molecule has 6 heteroatoms. The van der Waals surface area contributed by atoms with Gasteiger partial charge < -0.3 is 15.0 Å². The van der Waals surface area contributed by atoms with Gasteiger partial charge in [-0.15, -0.1) is 12.4 Å². The lowest BCUT2D eigenvalue weighted by Crippen LogP contribution is -2.30. The second-order valence-electron chi connectivity index (χ2n) is 1.38. The van der Waals surface area contributed by atoms with Gasteiger partial charge in [0, 0.05) is 6.20 Å². The van der Waals surface area contributed by atoms with Gasteiger partial charge >= 0.3 is 7.12 Å². The van der Waals surface area contributed by atoms with E-state index < -0.39 is 7.12 Å². The van der Waals surface area contributed by atoms with E-state index in [1.807, 2.05) is 0 Å². The van der Waals surface area contributed by atoms with Gasteiger partial charge in [-0.05, 0) is 0 Å². The highest BCUT2D eigenvalue weighted by molar-refractivity contribution is 6.57. The van der Waals surface area contributed by atoms with E-state index >= 15 is 0 Å². The van der Waals surface area contributed by atoms with Crippen LogP contribution in [-0.4, -0.2) is 27.1 Å². The zero-order valence-corrected chi connectivity index (χ0v) is 5.30. The number of imidazole rings is 1. The Kier molecular flexibility index (Phi) is 3.30. The van der Waals surface area contributed by atoms with Crippen LogP contribution in [0, 0.1) is 0 Å². The number of aromatic nitrogens is 2. The maximum absolute atomic E-state index is 8.40. The standard InChI is InChI=1S/C3H5BN2O2.ClH/c7-4(8)3-1-5-2-6-3;/h1-2,7-8H,(H,5,6);1H. The Morgan fingerprint density at radius 3 is 2.44 bits per heavy atom. The van der Waals surface area contributed by atoms with Crippen molar-refractivity contribution in [2.45, 2.75) is 0 Å². The topological polar surface area (TPSA) is 69.1 Å². The lowest BCUT2D eigenvalue weighted by atomic mass is 9.87. The van der Waals surface area contributed by atoms with Crippen molar-refractivity contribution >= 4 is 25.1 Å². The molecule has 50 valence electrons. The molecule has 0 aliphatic heterocycles. The number of rotatable bonds is 1. The maximum Gasteiger partial charge on any atom is 0.507 e. The fourth-order valence-corrected chi connectivity index (χ4v) is 0.408. The van der Waals surface area contributed by atoms with Gasteiger partial charge in [-0.1, -0.05) is 0 Å². The third-order valence-corrected chi connectivity index (χ3v) is 0.798. The van der Waals surface area contributed by atoms with Crippen molar-refractivity contribution in [3.05, 3.63) is 12.5 Å². The van der Waals surface area contributed by atoms with Crippen molar-refractivity contribution in [1.82, 2.24) is 9.97 Å². The SMILES string of the molecule is Cl.OB(O)c1cnc[nH]1. The first-order valence-electron chi connectivity index (χ1n) is 2.15. The molecule has 1 aromatic heterocycles. The molecule has 0 aliphatic carbocycles. The Bertz CT molecular complexity index is 155. The largest absolute Gasteiger partial charge is 0.507 e. The summed E-state index contributed by atoms with van der Waals surface area (Å²) in [4.78, 5) is 6.09. The molecule has 1 rings (SSSR count). The second kappa shape index (κ2) is 3.50. The van der Waals surface area contributed by atoms with Gasteiger partial charge in [0.25, 0.3) is 0 Å². The molecular weight excluding hydrogens is 142 g/mol. The summed E-state index contributed by atoms with van der Waals surface area (Å²) in [7, 11) is -1.43. The molecule has 0 saturated carbocycles. The summed E-state index contributed by atoms with van der Waals surface area (Å²) in [6.07, 6.45) is 2.74. The van der Waals surface area contributed by atoms with Crippen molar-refractivity contribution in [1.29, 1.82) is 0 Å². The average molecular weight is 148 g/mol. The van der Waals surface area contributed by atoms with Gasteiger partial charge in [0.15, 0.2) is 0 Å². The molecule has 1 aromatic rings. The minimum absolute atomic E-state index is 0. The van der Waals surface area contributed by atoms with Crippen molar-refractivity contribution in [2.24, 2.45) is 0 Å². The number of halogens is 1. The van der Waals surface area contributed by atoms with E-state index in [1.165, 1.54) is 12.5 Å². The van der Waals surface area contributed by atoms with Crippen LogP contribution < -0.4 is 5.59 Å². The Morgan fingerprint density at radius 1 is 1.56 bits per heavy atom. The molecule has 0 aliphatic rings. The second-order valence-corrected chi connectivity index (χ2v) is 1.38. The molecule has 9 heavy (non-hydrogen) atoms. The van der Waals surface area contributed by atoms with Crippen LogP contribution in [0.3, 0.4) is 0 Å². The summed E-state index contributed by atoms with van der Waals surface area (Å²) in [5, 5.41) is 16.8. The van der Waals surface area contributed by atoms with Crippen LogP contribution in [0.1, 0.15) is 0 Å². The van der Waals surface area contributed by atoms with Crippen LogP contribution in [0.5, 0.6) is 0 Å². The molecule has 0 saturated heterocycles. The van der Waals surface area contributed by atoms with Gasteiger partial charge in [0.2, 0.25) is 0 Å². The zero-order valence-electron chi connectivity index (χ0n) is 4.48. The molecule has 3 N–H and O–H groups in total. The van der Waals surface area contributed by atoms with E-state index in [0.29, 0.717) is 5.59 Å². The fraction of sp³-hybridized carbons (Fsp3) is 0. The number of hydrogen-bond donors (Lipinski definition) is 3. The predicted octanol–water partition coefficient (Wildman–Crippen LogP) is -1.49. The third kappa shape index (κ3) is 2.05.